The van der Waals surface area contributed by atoms with Gasteiger partial charge in [0.25, 0.3) is 5.82 Å². The molecule has 4 aromatic rings. The van der Waals surface area contributed by atoms with E-state index in [1.54, 1.807) is 6.20 Å². The lowest BCUT2D eigenvalue weighted by molar-refractivity contribution is 0.0761. The molecule has 0 aliphatic rings. The summed E-state index contributed by atoms with van der Waals surface area (Å²) in [6, 6.07) is 12.9. The van der Waals surface area contributed by atoms with Gasteiger partial charge in [-0.2, -0.15) is 5.10 Å². The first-order chi connectivity index (χ1) is 16.2. The Morgan fingerprint density at radius 2 is 1.79 bits per heavy atom. The fraction of sp³-hybridized carbons (Fsp3) is 0.346. The molecule has 34 heavy (non-hydrogen) atoms. The lowest BCUT2D eigenvalue weighted by Gasteiger charge is -2.17. The van der Waals surface area contributed by atoms with Crippen molar-refractivity contribution in [3.8, 4) is 22.4 Å². The van der Waals surface area contributed by atoms with Crippen LogP contribution in [0, 0.1) is 6.57 Å². The maximum Gasteiger partial charge on any atom is 0.254 e. The number of pyridine rings is 1. The second-order valence-corrected chi connectivity index (χ2v) is 16.0. The molecule has 0 spiro atoms. The van der Waals surface area contributed by atoms with E-state index in [9.17, 15) is 0 Å². The molecule has 0 aliphatic heterocycles. The Kier molecular flexibility index (Phi) is 6.94. The van der Waals surface area contributed by atoms with Crippen molar-refractivity contribution in [1.82, 2.24) is 19.2 Å². The molecule has 3 heterocycles. The normalized spacial score (nSPS) is 11.9. The van der Waals surface area contributed by atoms with Crippen LogP contribution < -0.4 is 0 Å². The monoisotopic (exact) mass is 491 g/mol. The minimum Gasteiger partial charge on any atom is -0.362 e. The van der Waals surface area contributed by atoms with Crippen molar-refractivity contribution >= 4 is 31.1 Å². The molecule has 8 heteroatoms. The van der Waals surface area contributed by atoms with Gasteiger partial charge in [0, 0.05) is 42.5 Å². The third kappa shape index (κ3) is 5.09. The largest absolute Gasteiger partial charge is 0.362 e. The molecule has 0 atom stereocenters. The summed E-state index contributed by atoms with van der Waals surface area (Å²) in [5.74, 6) is 0.695. The minimum absolute atomic E-state index is 0.211. The zero-order valence-corrected chi connectivity index (χ0v) is 22.1. The number of nitrogens with zero attached hydrogens (tertiary/aromatic N) is 5. The van der Waals surface area contributed by atoms with Crippen molar-refractivity contribution in [2.24, 2.45) is 0 Å². The highest BCUT2D eigenvalue weighted by molar-refractivity contribution is 6.76. The van der Waals surface area contributed by atoms with Crippen LogP contribution in [0.2, 0.25) is 30.7 Å². The second-order valence-electron chi connectivity index (χ2n) is 9.99. The molecule has 0 bridgehead atoms. The van der Waals surface area contributed by atoms with Crippen molar-refractivity contribution in [2.75, 3.05) is 6.61 Å². The van der Waals surface area contributed by atoms with Crippen molar-refractivity contribution in [1.29, 1.82) is 0 Å². The van der Waals surface area contributed by atoms with E-state index in [-0.39, 0.29) is 5.92 Å². The summed E-state index contributed by atoms with van der Waals surface area (Å²) in [4.78, 5) is 7.96. The zero-order chi connectivity index (χ0) is 24.5. The van der Waals surface area contributed by atoms with Gasteiger partial charge in [0.2, 0.25) is 5.65 Å². The van der Waals surface area contributed by atoms with Crippen molar-refractivity contribution in [3.63, 3.8) is 0 Å². The highest BCUT2D eigenvalue weighted by Gasteiger charge is 2.24. The van der Waals surface area contributed by atoms with Crippen LogP contribution in [-0.2, 0) is 11.5 Å². The smallest absolute Gasteiger partial charge is 0.254 e. The first kappa shape index (κ1) is 24.2. The van der Waals surface area contributed by atoms with E-state index in [0.29, 0.717) is 17.6 Å². The topological polar surface area (TPSA) is 48.7 Å². The van der Waals surface area contributed by atoms with Gasteiger partial charge >= 0.3 is 0 Å². The predicted octanol–water partition coefficient (Wildman–Crippen LogP) is 7.50. The molecule has 0 fully saturated rings. The summed E-state index contributed by atoms with van der Waals surface area (Å²) in [5, 5.41) is 5.71. The van der Waals surface area contributed by atoms with E-state index < -0.39 is 8.07 Å². The van der Waals surface area contributed by atoms with Gasteiger partial charge in [-0.05, 0) is 30.2 Å². The highest BCUT2D eigenvalue weighted by atomic mass is 35.5. The van der Waals surface area contributed by atoms with E-state index in [1.807, 2.05) is 45.6 Å². The molecule has 176 valence electrons. The first-order valence-corrected chi connectivity index (χ1v) is 15.6. The van der Waals surface area contributed by atoms with Crippen molar-refractivity contribution in [2.45, 2.75) is 52.2 Å². The molecular formula is C26H30ClN5OSi. The molecule has 6 nitrogen and oxygen atoms in total. The Hall–Kier alpha value is -2.92. The molecule has 0 amide bonds. The molecule has 0 saturated carbocycles. The van der Waals surface area contributed by atoms with Crippen LogP contribution in [0.25, 0.3) is 32.9 Å². The zero-order valence-electron chi connectivity index (χ0n) is 20.3. The van der Waals surface area contributed by atoms with Crippen LogP contribution in [0.5, 0.6) is 0 Å². The molecule has 3 aromatic heterocycles. The van der Waals surface area contributed by atoms with Crippen molar-refractivity contribution in [3.05, 3.63) is 70.9 Å². The lowest BCUT2D eigenvalue weighted by Crippen LogP contribution is -2.22. The molecule has 0 aliphatic carbocycles. The number of hydrogen-bond donors (Lipinski definition) is 0. The number of aromatic nitrogens is 4. The molecule has 0 radical (unpaired) electrons. The Morgan fingerprint density at radius 1 is 1.09 bits per heavy atom. The summed E-state index contributed by atoms with van der Waals surface area (Å²) in [7, 11) is -1.18. The standard InChI is InChI=1S/C26H30ClN5OSi/c1-18(2)26-24(20-9-12-22-29-15-23(28-3)31(22)16-20)25(19-7-10-21(27)11-8-19)30-32(26)17-33-13-14-34(4,5)6/h7-12,15-16,18H,13-14,17H2,1-2,4-6H3. The van der Waals surface area contributed by atoms with Gasteiger partial charge < -0.3 is 9.58 Å². The fourth-order valence-electron chi connectivity index (χ4n) is 3.98. The van der Waals surface area contributed by atoms with Crippen LogP contribution in [-0.4, -0.2) is 33.8 Å². The van der Waals surface area contributed by atoms with E-state index in [4.69, 9.17) is 28.0 Å². The van der Waals surface area contributed by atoms with E-state index in [1.165, 1.54) is 0 Å². The average molecular weight is 492 g/mol. The predicted molar refractivity (Wildman–Crippen MR) is 141 cm³/mol. The van der Waals surface area contributed by atoms with Gasteiger partial charge in [-0.15, -0.1) is 0 Å². The molecule has 0 unspecified atom stereocenters. The first-order valence-electron chi connectivity index (χ1n) is 11.5. The quantitative estimate of drug-likeness (QED) is 0.145. The van der Waals surface area contributed by atoms with Crippen molar-refractivity contribution < 1.29 is 4.74 Å². The maximum absolute atomic E-state index is 7.49. The Labute approximate surface area is 207 Å². The van der Waals surface area contributed by atoms with Crippen LogP contribution in [0.1, 0.15) is 25.5 Å². The van der Waals surface area contributed by atoms with E-state index >= 15 is 0 Å². The van der Waals surface area contributed by atoms with Gasteiger partial charge in [-0.25, -0.2) is 14.1 Å². The maximum atomic E-state index is 7.49. The number of halogens is 1. The van der Waals surface area contributed by atoms with Crippen LogP contribution >= 0.6 is 11.6 Å². The Morgan fingerprint density at radius 3 is 2.44 bits per heavy atom. The third-order valence-corrected chi connectivity index (χ3v) is 7.71. The van der Waals surface area contributed by atoms with E-state index in [2.05, 4.69) is 49.4 Å². The summed E-state index contributed by atoms with van der Waals surface area (Å²) in [6.45, 7) is 20.0. The number of hydrogen-bond acceptors (Lipinski definition) is 3. The van der Waals surface area contributed by atoms with E-state index in [0.717, 1.165) is 46.4 Å². The number of imidazole rings is 1. The molecular weight excluding hydrogens is 462 g/mol. The lowest BCUT2D eigenvalue weighted by atomic mass is 9.95. The number of benzene rings is 1. The number of ether oxygens (including phenoxy) is 1. The van der Waals surface area contributed by atoms with Crippen LogP contribution in [0.15, 0.2) is 48.8 Å². The third-order valence-electron chi connectivity index (χ3n) is 5.76. The summed E-state index contributed by atoms with van der Waals surface area (Å²) in [6.07, 6.45) is 3.58. The average Bonchev–Trinajstić information content (AvgIpc) is 3.37. The van der Waals surface area contributed by atoms with Gasteiger partial charge in [-0.3, -0.25) is 0 Å². The van der Waals surface area contributed by atoms with Gasteiger partial charge in [0.15, 0.2) is 0 Å². The minimum atomic E-state index is -1.18. The summed E-state index contributed by atoms with van der Waals surface area (Å²) < 4.78 is 9.92. The molecule has 1 aromatic carbocycles. The van der Waals surface area contributed by atoms with Crippen LogP contribution in [0.4, 0.5) is 5.82 Å². The molecule has 4 rings (SSSR count). The molecule has 0 N–H and O–H groups in total. The molecule has 0 saturated heterocycles. The van der Waals surface area contributed by atoms with Gasteiger partial charge in [0.1, 0.15) is 12.4 Å². The van der Waals surface area contributed by atoms with Gasteiger partial charge in [0.05, 0.1) is 18.1 Å². The van der Waals surface area contributed by atoms with Crippen LogP contribution in [0.3, 0.4) is 0 Å². The Bertz CT molecular complexity index is 1340. The second kappa shape index (κ2) is 9.75. The SMILES string of the molecule is [C-]#[N+]c1cnc2ccc(-c3c(-c4ccc(Cl)cc4)nn(COCC[Si](C)(C)C)c3C(C)C)cn12. The highest BCUT2D eigenvalue weighted by Crippen LogP contribution is 2.39. The number of fused-ring (bicyclic) bond motifs is 1. The summed E-state index contributed by atoms with van der Waals surface area (Å²) >= 11 is 6.17. The van der Waals surface area contributed by atoms with Gasteiger partial charge in [-0.1, -0.05) is 63.8 Å². The summed E-state index contributed by atoms with van der Waals surface area (Å²) in [5.41, 5.74) is 5.73. The Balaban J connectivity index is 1.85. The number of rotatable bonds is 8. The fourth-order valence-corrected chi connectivity index (χ4v) is 4.86.